The highest BCUT2D eigenvalue weighted by Gasteiger charge is 2.01. The number of pyridine rings is 1. The zero-order valence-corrected chi connectivity index (χ0v) is 10.6. The summed E-state index contributed by atoms with van der Waals surface area (Å²) in [7, 11) is 0. The average molecular weight is 238 g/mol. The van der Waals surface area contributed by atoms with Gasteiger partial charge in [0.1, 0.15) is 10.7 Å². The van der Waals surface area contributed by atoms with Gasteiger partial charge < -0.3 is 10.5 Å². The topological polar surface area (TPSA) is 48.1 Å². The minimum absolute atomic E-state index is 0.299. The van der Waals surface area contributed by atoms with Crippen LogP contribution >= 0.6 is 12.2 Å². The van der Waals surface area contributed by atoms with E-state index in [1.807, 2.05) is 12.1 Å². The zero-order valence-electron chi connectivity index (χ0n) is 9.77. The van der Waals surface area contributed by atoms with E-state index in [4.69, 9.17) is 22.7 Å². The first-order valence-corrected chi connectivity index (χ1v) is 5.90. The molecule has 1 rings (SSSR count). The van der Waals surface area contributed by atoms with Gasteiger partial charge in [-0.2, -0.15) is 0 Å². The van der Waals surface area contributed by atoms with Crippen LogP contribution in [0, 0.1) is 5.92 Å². The minimum atomic E-state index is 0.299. The summed E-state index contributed by atoms with van der Waals surface area (Å²) in [5.74, 6) is 1.30. The van der Waals surface area contributed by atoms with Crippen molar-refractivity contribution in [3.8, 4) is 5.88 Å². The molecule has 0 aliphatic rings. The number of ether oxygens (including phenoxy) is 1. The van der Waals surface area contributed by atoms with Crippen LogP contribution in [-0.2, 0) is 0 Å². The third kappa shape index (κ3) is 4.57. The highest BCUT2D eigenvalue weighted by Crippen LogP contribution is 2.09. The van der Waals surface area contributed by atoms with Crippen LogP contribution in [0.4, 0.5) is 0 Å². The number of aromatic nitrogens is 1. The van der Waals surface area contributed by atoms with Crippen LogP contribution in [0.5, 0.6) is 5.88 Å². The number of hydrogen-bond acceptors (Lipinski definition) is 3. The Kier molecular flexibility index (Phi) is 5.19. The highest BCUT2D eigenvalue weighted by molar-refractivity contribution is 7.80. The van der Waals surface area contributed by atoms with Crippen LogP contribution < -0.4 is 10.5 Å². The van der Waals surface area contributed by atoms with Crippen LogP contribution in [0.25, 0.3) is 0 Å². The van der Waals surface area contributed by atoms with Crippen molar-refractivity contribution >= 4 is 17.2 Å². The maximum Gasteiger partial charge on any atom is 0.213 e. The molecule has 0 atom stereocenters. The summed E-state index contributed by atoms with van der Waals surface area (Å²) in [6, 6.07) is 5.44. The molecule has 0 spiro atoms. The molecule has 16 heavy (non-hydrogen) atoms. The van der Waals surface area contributed by atoms with Gasteiger partial charge in [-0.3, -0.25) is 0 Å². The van der Waals surface area contributed by atoms with Crippen molar-refractivity contribution in [2.75, 3.05) is 6.61 Å². The van der Waals surface area contributed by atoms with Gasteiger partial charge in [-0.25, -0.2) is 4.98 Å². The normalized spacial score (nSPS) is 10.4. The molecular formula is C12H18N2OS. The molecule has 0 aromatic carbocycles. The minimum Gasteiger partial charge on any atom is -0.478 e. The van der Waals surface area contributed by atoms with Gasteiger partial charge in [0.15, 0.2) is 0 Å². The Morgan fingerprint density at radius 3 is 2.88 bits per heavy atom. The molecule has 0 aliphatic carbocycles. The van der Waals surface area contributed by atoms with E-state index in [0.29, 0.717) is 29.1 Å². The summed E-state index contributed by atoms with van der Waals surface area (Å²) in [6.45, 7) is 5.09. The van der Waals surface area contributed by atoms with Crippen LogP contribution in [0.1, 0.15) is 32.4 Å². The van der Waals surface area contributed by atoms with E-state index in [-0.39, 0.29) is 0 Å². The third-order valence-electron chi connectivity index (χ3n) is 2.15. The average Bonchev–Trinajstić information content (AvgIpc) is 2.24. The number of thiocarbonyl (C=S) groups is 1. The molecule has 1 aromatic heterocycles. The fourth-order valence-electron chi connectivity index (χ4n) is 1.30. The van der Waals surface area contributed by atoms with Gasteiger partial charge in [0.2, 0.25) is 5.88 Å². The van der Waals surface area contributed by atoms with Crippen molar-refractivity contribution in [1.82, 2.24) is 4.98 Å². The molecule has 88 valence electrons. The molecule has 0 aliphatic heterocycles. The van der Waals surface area contributed by atoms with Gasteiger partial charge >= 0.3 is 0 Å². The van der Waals surface area contributed by atoms with Crippen molar-refractivity contribution in [3.05, 3.63) is 23.9 Å². The maximum absolute atomic E-state index is 5.52. The number of nitrogens with zero attached hydrogens (tertiary/aromatic N) is 1. The van der Waals surface area contributed by atoms with Crippen molar-refractivity contribution in [2.45, 2.75) is 26.7 Å². The Hall–Kier alpha value is -1.16. The smallest absolute Gasteiger partial charge is 0.213 e. The van der Waals surface area contributed by atoms with E-state index < -0.39 is 0 Å². The largest absolute Gasteiger partial charge is 0.478 e. The summed E-state index contributed by atoms with van der Waals surface area (Å²) in [5.41, 5.74) is 6.10. The van der Waals surface area contributed by atoms with E-state index in [2.05, 4.69) is 18.8 Å². The van der Waals surface area contributed by atoms with Crippen LogP contribution in [-0.4, -0.2) is 16.6 Å². The Morgan fingerprint density at radius 2 is 2.25 bits per heavy atom. The molecule has 0 saturated heterocycles. The predicted octanol–water partition coefficient (Wildman–Crippen LogP) is 2.53. The number of nitrogens with two attached hydrogens (primary N) is 1. The van der Waals surface area contributed by atoms with Gasteiger partial charge in [0.25, 0.3) is 0 Å². The first-order valence-electron chi connectivity index (χ1n) is 5.49. The van der Waals surface area contributed by atoms with Crippen molar-refractivity contribution in [1.29, 1.82) is 0 Å². The predicted molar refractivity (Wildman–Crippen MR) is 69.7 cm³/mol. The van der Waals surface area contributed by atoms with Gasteiger partial charge in [0, 0.05) is 6.07 Å². The standard InChI is InChI=1S/C12H18N2OS/c1-9(2)5-4-8-15-11-7-3-6-10(14-11)12(13)16/h3,6-7,9H,4-5,8H2,1-2H3,(H2,13,16). The lowest BCUT2D eigenvalue weighted by atomic mass is 10.1. The lowest BCUT2D eigenvalue weighted by Gasteiger charge is -2.07. The summed E-state index contributed by atoms with van der Waals surface area (Å²) < 4.78 is 5.52. The fourth-order valence-corrected chi connectivity index (χ4v) is 1.41. The summed E-state index contributed by atoms with van der Waals surface area (Å²) in [6.07, 6.45) is 2.20. The van der Waals surface area contributed by atoms with E-state index in [1.165, 1.54) is 0 Å². The second kappa shape index (κ2) is 6.43. The van der Waals surface area contributed by atoms with Crippen molar-refractivity contribution in [2.24, 2.45) is 11.7 Å². The number of rotatable bonds is 6. The molecule has 3 nitrogen and oxygen atoms in total. The fraction of sp³-hybridized carbons (Fsp3) is 0.500. The number of hydrogen-bond donors (Lipinski definition) is 1. The first-order chi connectivity index (χ1) is 7.59. The monoisotopic (exact) mass is 238 g/mol. The molecule has 1 heterocycles. The van der Waals surface area contributed by atoms with Crippen LogP contribution in [0.3, 0.4) is 0 Å². The van der Waals surface area contributed by atoms with Gasteiger partial charge in [0.05, 0.1) is 6.61 Å². The Morgan fingerprint density at radius 1 is 1.50 bits per heavy atom. The molecule has 0 bridgehead atoms. The van der Waals surface area contributed by atoms with Crippen molar-refractivity contribution < 1.29 is 4.74 Å². The highest BCUT2D eigenvalue weighted by atomic mass is 32.1. The summed E-state index contributed by atoms with van der Waals surface area (Å²) >= 11 is 4.85. The molecule has 0 unspecified atom stereocenters. The summed E-state index contributed by atoms with van der Waals surface area (Å²) in [4.78, 5) is 4.50. The molecule has 1 aromatic rings. The SMILES string of the molecule is CC(C)CCCOc1cccc(C(N)=S)n1. The Labute approximate surface area is 102 Å². The first kappa shape index (κ1) is 12.9. The molecule has 0 radical (unpaired) electrons. The van der Waals surface area contributed by atoms with Gasteiger partial charge in [-0.05, 0) is 24.8 Å². The summed E-state index contributed by atoms with van der Waals surface area (Å²) in [5, 5.41) is 0. The lowest BCUT2D eigenvalue weighted by molar-refractivity contribution is 0.287. The molecule has 0 saturated carbocycles. The second-order valence-corrected chi connectivity index (χ2v) is 4.55. The van der Waals surface area contributed by atoms with Crippen LogP contribution in [0.2, 0.25) is 0 Å². The molecule has 4 heteroatoms. The van der Waals surface area contributed by atoms with Crippen molar-refractivity contribution in [3.63, 3.8) is 0 Å². The molecule has 2 N–H and O–H groups in total. The zero-order chi connectivity index (χ0) is 12.0. The van der Waals surface area contributed by atoms with E-state index >= 15 is 0 Å². The maximum atomic E-state index is 5.52. The lowest BCUT2D eigenvalue weighted by Crippen LogP contribution is -2.12. The van der Waals surface area contributed by atoms with Crippen LogP contribution in [0.15, 0.2) is 18.2 Å². The van der Waals surface area contributed by atoms with E-state index in [0.717, 1.165) is 12.8 Å². The molecule has 0 fully saturated rings. The molecular weight excluding hydrogens is 220 g/mol. The Balaban J connectivity index is 2.42. The quantitative estimate of drug-likeness (QED) is 0.611. The third-order valence-corrected chi connectivity index (χ3v) is 2.36. The van der Waals surface area contributed by atoms with Gasteiger partial charge in [-0.1, -0.05) is 32.1 Å². The van der Waals surface area contributed by atoms with E-state index in [1.54, 1.807) is 6.07 Å². The second-order valence-electron chi connectivity index (χ2n) is 4.11. The van der Waals surface area contributed by atoms with E-state index in [9.17, 15) is 0 Å². The Bertz CT molecular complexity index is 353. The molecule has 0 amide bonds. The van der Waals surface area contributed by atoms with Gasteiger partial charge in [-0.15, -0.1) is 0 Å².